The van der Waals surface area contributed by atoms with Crippen LogP contribution in [0, 0.1) is 0 Å². The Bertz CT molecular complexity index is 254. The van der Waals surface area contributed by atoms with Crippen molar-refractivity contribution in [3.8, 4) is 0 Å². The first-order chi connectivity index (χ1) is 7.98. The van der Waals surface area contributed by atoms with E-state index in [1.165, 1.54) is 0 Å². The number of aliphatic carboxylic acids is 1. The molecule has 0 spiro atoms. The lowest BCUT2D eigenvalue weighted by Crippen LogP contribution is -1.95. The molecular weight excluding hydrogens is 243 g/mol. The second kappa shape index (κ2) is 9.63. The van der Waals surface area contributed by atoms with E-state index < -0.39 is 13.6 Å². The van der Waals surface area contributed by atoms with Gasteiger partial charge in [0.15, 0.2) is 0 Å². The van der Waals surface area contributed by atoms with Gasteiger partial charge in [-0.1, -0.05) is 25.7 Å². The Balaban J connectivity index is 3.29. The third kappa shape index (κ3) is 11.9. The van der Waals surface area contributed by atoms with Crippen LogP contribution in [0.5, 0.6) is 0 Å². The van der Waals surface area contributed by atoms with Crippen LogP contribution in [0.25, 0.3) is 0 Å². The van der Waals surface area contributed by atoms with Crippen LogP contribution in [-0.2, 0) is 13.9 Å². The van der Waals surface area contributed by atoms with Gasteiger partial charge in [-0.3, -0.25) is 9.36 Å². The fourth-order valence-corrected chi connectivity index (χ4v) is 2.72. The van der Waals surface area contributed by atoms with E-state index in [1.54, 1.807) is 6.92 Å². The first-order valence-corrected chi connectivity index (χ1v) is 7.92. The van der Waals surface area contributed by atoms with Crippen molar-refractivity contribution in [2.24, 2.45) is 0 Å². The third-order valence-corrected chi connectivity index (χ3v) is 3.96. The van der Waals surface area contributed by atoms with Gasteiger partial charge in [-0.2, -0.15) is 0 Å². The molecule has 0 aliphatic carbocycles. The molecule has 102 valence electrons. The van der Waals surface area contributed by atoms with E-state index in [0.717, 1.165) is 25.7 Å². The minimum absolute atomic E-state index is 0.218. The number of hydrogen-bond acceptors (Lipinski definition) is 3. The Hall–Kier alpha value is -0.380. The lowest BCUT2D eigenvalue weighted by Gasteiger charge is -2.09. The predicted molar refractivity (Wildman–Crippen MR) is 66.3 cm³/mol. The highest BCUT2D eigenvalue weighted by Gasteiger charge is 2.16. The van der Waals surface area contributed by atoms with Gasteiger partial charge in [0.2, 0.25) is 0 Å². The average Bonchev–Trinajstić information content (AvgIpc) is 2.21. The largest absolute Gasteiger partial charge is 0.481 e. The predicted octanol–water partition coefficient (Wildman–Crippen LogP) is 3.02. The van der Waals surface area contributed by atoms with Crippen molar-refractivity contribution in [1.82, 2.24) is 0 Å². The Labute approximate surface area is 103 Å². The van der Waals surface area contributed by atoms with Crippen LogP contribution in [0.4, 0.5) is 0 Å². The highest BCUT2D eigenvalue weighted by atomic mass is 31.2. The standard InChI is InChI=1S/C11H23O5P/c1-2-16-17(14,15)10-8-6-4-3-5-7-9-11(12)13/h2-10H2,1H3,(H,12,13)(H,14,15). The average molecular weight is 266 g/mol. The zero-order valence-corrected chi connectivity index (χ0v) is 11.3. The molecule has 0 saturated heterocycles. The van der Waals surface area contributed by atoms with E-state index in [0.29, 0.717) is 12.8 Å². The van der Waals surface area contributed by atoms with Crippen molar-refractivity contribution >= 4 is 13.6 Å². The number of carboxylic acids is 1. The molecule has 0 amide bonds. The second-order valence-electron chi connectivity index (χ2n) is 4.04. The maximum atomic E-state index is 11.3. The summed E-state index contributed by atoms with van der Waals surface area (Å²) in [6.45, 7) is 1.97. The number of unbranched alkanes of at least 4 members (excludes halogenated alkanes) is 5. The summed E-state index contributed by atoms with van der Waals surface area (Å²) in [5, 5.41) is 8.42. The van der Waals surface area contributed by atoms with Crippen LogP contribution in [0.2, 0.25) is 0 Å². The molecule has 6 heteroatoms. The fourth-order valence-electron chi connectivity index (χ4n) is 1.56. The van der Waals surface area contributed by atoms with E-state index in [9.17, 15) is 14.3 Å². The molecule has 1 unspecified atom stereocenters. The Morgan fingerprint density at radius 1 is 1.12 bits per heavy atom. The SMILES string of the molecule is CCOP(=O)(O)CCCCCCCCC(=O)O. The van der Waals surface area contributed by atoms with Crippen LogP contribution in [0.1, 0.15) is 51.9 Å². The molecule has 0 aromatic heterocycles. The molecule has 2 N–H and O–H groups in total. The van der Waals surface area contributed by atoms with Crippen molar-refractivity contribution in [2.75, 3.05) is 12.8 Å². The lowest BCUT2D eigenvalue weighted by molar-refractivity contribution is -0.137. The molecule has 0 rings (SSSR count). The molecule has 0 aromatic rings. The maximum Gasteiger partial charge on any atom is 0.328 e. The van der Waals surface area contributed by atoms with Crippen molar-refractivity contribution in [1.29, 1.82) is 0 Å². The van der Waals surface area contributed by atoms with Crippen LogP contribution in [-0.4, -0.2) is 28.7 Å². The lowest BCUT2D eigenvalue weighted by atomic mass is 10.1. The van der Waals surface area contributed by atoms with Gasteiger partial charge >= 0.3 is 13.6 Å². The van der Waals surface area contributed by atoms with Crippen molar-refractivity contribution in [3.05, 3.63) is 0 Å². The summed E-state index contributed by atoms with van der Waals surface area (Å²) in [5.41, 5.74) is 0. The molecule has 0 heterocycles. The minimum atomic E-state index is -3.34. The quantitative estimate of drug-likeness (QED) is 0.443. The highest BCUT2D eigenvalue weighted by Crippen LogP contribution is 2.42. The molecule has 0 aromatic carbocycles. The van der Waals surface area contributed by atoms with E-state index in [2.05, 4.69) is 0 Å². The van der Waals surface area contributed by atoms with E-state index in [-0.39, 0.29) is 19.2 Å². The topological polar surface area (TPSA) is 83.8 Å². The van der Waals surface area contributed by atoms with E-state index in [4.69, 9.17) is 9.63 Å². The summed E-state index contributed by atoms with van der Waals surface area (Å²) < 4.78 is 16.0. The number of rotatable bonds is 11. The minimum Gasteiger partial charge on any atom is -0.481 e. The second-order valence-corrected chi connectivity index (χ2v) is 6.02. The first kappa shape index (κ1) is 16.6. The van der Waals surface area contributed by atoms with Gasteiger partial charge in [0.05, 0.1) is 6.61 Å². The normalized spacial score (nSPS) is 14.5. The molecule has 1 atom stereocenters. The molecular formula is C11H23O5P. The van der Waals surface area contributed by atoms with Crippen molar-refractivity contribution in [2.45, 2.75) is 51.9 Å². The molecule has 0 saturated carbocycles. The number of carboxylic acid groups (broad SMARTS) is 1. The summed E-state index contributed by atoms with van der Waals surface area (Å²) in [6, 6.07) is 0. The van der Waals surface area contributed by atoms with Crippen LogP contribution in [0.3, 0.4) is 0 Å². The summed E-state index contributed by atoms with van der Waals surface area (Å²) in [6.07, 6.45) is 5.62. The van der Waals surface area contributed by atoms with Gasteiger partial charge < -0.3 is 14.5 Å². The van der Waals surface area contributed by atoms with Gasteiger partial charge in [-0.15, -0.1) is 0 Å². The monoisotopic (exact) mass is 266 g/mol. The van der Waals surface area contributed by atoms with E-state index in [1.807, 2.05) is 0 Å². The zero-order chi connectivity index (χ0) is 13.1. The summed E-state index contributed by atoms with van der Waals surface area (Å²) >= 11 is 0. The van der Waals surface area contributed by atoms with Crippen LogP contribution >= 0.6 is 7.60 Å². The fraction of sp³-hybridized carbons (Fsp3) is 0.909. The Kier molecular flexibility index (Phi) is 9.41. The van der Waals surface area contributed by atoms with Gasteiger partial charge in [0, 0.05) is 12.6 Å². The third-order valence-electron chi connectivity index (χ3n) is 2.41. The van der Waals surface area contributed by atoms with E-state index >= 15 is 0 Å². The molecule has 0 aliphatic rings. The van der Waals surface area contributed by atoms with Crippen LogP contribution < -0.4 is 0 Å². The van der Waals surface area contributed by atoms with Crippen LogP contribution in [0.15, 0.2) is 0 Å². The molecule has 17 heavy (non-hydrogen) atoms. The van der Waals surface area contributed by atoms with Gasteiger partial charge in [-0.05, 0) is 19.8 Å². The maximum absolute atomic E-state index is 11.3. The summed E-state index contributed by atoms with van der Waals surface area (Å²) in [5.74, 6) is -0.747. The molecule has 0 bridgehead atoms. The number of carbonyl (C=O) groups is 1. The number of hydrogen-bond donors (Lipinski definition) is 2. The summed E-state index contributed by atoms with van der Waals surface area (Å²) in [4.78, 5) is 19.5. The smallest absolute Gasteiger partial charge is 0.328 e. The Morgan fingerprint density at radius 2 is 1.65 bits per heavy atom. The van der Waals surface area contributed by atoms with Crippen molar-refractivity contribution < 1.29 is 23.9 Å². The molecule has 0 fully saturated rings. The van der Waals surface area contributed by atoms with Gasteiger partial charge in [-0.25, -0.2) is 0 Å². The van der Waals surface area contributed by atoms with Gasteiger partial charge in [0.25, 0.3) is 0 Å². The zero-order valence-electron chi connectivity index (χ0n) is 10.4. The van der Waals surface area contributed by atoms with Crippen molar-refractivity contribution in [3.63, 3.8) is 0 Å². The highest BCUT2D eigenvalue weighted by molar-refractivity contribution is 7.52. The van der Waals surface area contributed by atoms with Gasteiger partial charge in [0.1, 0.15) is 0 Å². The first-order valence-electron chi connectivity index (χ1n) is 6.16. The molecule has 0 aliphatic heterocycles. The molecule has 0 radical (unpaired) electrons. The summed E-state index contributed by atoms with van der Waals surface area (Å²) in [7, 11) is -3.34. The molecule has 5 nitrogen and oxygen atoms in total. The Morgan fingerprint density at radius 3 is 2.18 bits per heavy atom.